The highest BCUT2D eigenvalue weighted by Crippen LogP contribution is 2.37. The molecule has 1 aromatic carbocycles. The number of rotatable bonds is 4. The van der Waals surface area contributed by atoms with E-state index in [9.17, 15) is 4.39 Å². The molecule has 0 spiro atoms. The minimum Gasteiger partial charge on any atom is -0.381 e. The third-order valence-corrected chi connectivity index (χ3v) is 5.08. The van der Waals surface area contributed by atoms with Crippen molar-refractivity contribution in [1.82, 2.24) is 19.5 Å². The number of ether oxygens (including phenoxy) is 1. The van der Waals surface area contributed by atoms with Gasteiger partial charge in [0.1, 0.15) is 17.3 Å². The molecule has 0 N–H and O–H groups in total. The molecule has 0 unspecified atom stereocenters. The maximum Gasteiger partial charge on any atom is 0.158 e. The zero-order chi connectivity index (χ0) is 18.0. The van der Waals surface area contributed by atoms with Crippen molar-refractivity contribution >= 4 is 0 Å². The van der Waals surface area contributed by atoms with Gasteiger partial charge in [-0.25, -0.2) is 19.3 Å². The van der Waals surface area contributed by atoms with E-state index in [1.165, 1.54) is 6.07 Å². The average Bonchev–Trinajstić information content (AvgIpc) is 3.10. The number of benzene rings is 1. The third kappa shape index (κ3) is 3.24. The van der Waals surface area contributed by atoms with Crippen LogP contribution in [0.25, 0.3) is 11.5 Å². The van der Waals surface area contributed by atoms with Crippen LogP contribution in [0.5, 0.6) is 0 Å². The molecule has 0 atom stereocenters. The summed E-state index contributed by atoms with van der Waals surface area (Å²) in [5.74, 6) is 1.31. The second kappa shape index (κ2) is 6.96. The first-order valence-electron chi connectivity index (χ1n) is 8.81. The summed E-state index contributed by atoms with van der Waals surface area (Å²) >= 11 is 0. The molecule has 134 valence electrons. The summed E-state index contributed by atoms with van der Waals surface area (Å²) in [4.78, 5) is 13.2. The normalized spacial score (nSPS) is 16.5. The molecule has 0 saturated carbocycles. The summed E-state index contributed by atoms with van der Waals surface area (Å²) in [6.45, 7) is 3.92. The molecule has 0 bridgehead atoms. The summed E-state index contributed by atoms with van der Waals surface area (Å²) < 4.78 is 21.6. The van der Waals surface area contributed by atoms with E-state index in [1.807, 2.05) is 25.3 Å². The van der Waals surface area contributed by atoms with Crippen molar-refractivity contribution in [3.63, 3.8) is 0 Å². The van der Waals surface area contributed by atoms with Gasteiger partial charge in [-0.15, -0.1) is 0 Å². The van der Waals surface area contributed by atoms with Crippen LogP contribution in [-0.4, -0.2) is 32.7 Å². The average molecular weight is 352 g/mol. The number of aromatic nitrogens is 4. The summed E-state index contributed by atoms with van der Waals surface area (Å²) in [6, 6.07) is 8.80. The maximum absolute atomic E-state index is 13.9. The van der Waals surface area contributed by atoms with Gasteiger partial charge in [-0.1, -0.05) is 12.1 Å². The lowest BCUT2D eigenvalue weighted by molar-refractivity contribution is 0.0435. The van der Waals surface area contributed by atoms with E-state index in [-0.39, 0.29) is 11.2 Å². The minimum atomic E-state index is -0.203. The van der Waals surface area contributed by atoms with Gasteiger partial charge in [0.2, 0.25) is 0 Å². The topological polar surface area (TPSA) is 52.8 Å². The minimum absolute atomic E-state index is 0.183. The second-order valence-electron chi connectivity index (χ2n) is 6.77. The number of imidazole rings is 1. The number of hydrogen-bond acceptors (Lipinski definition) is 4. The molecule has 0 aliphatic carbocycles. The number of halogens is 1. The Bertz CT molecular complexity index is 902. The van der Waals surface area contributed by atoms with E-state index in [4.69, 9.17) is 4.74 Å². The molecule has 1 aliphatic rings. The van der Waals surface area contributed by atoms with Gasteiger partial charge in [0, 0.05) is 43.8 Å². The molecular weight excluding hydrogens is 331 g/mol. The van der Waals surface area contributed by atoms with Crippen LogP contribution >= 0.6 is 0 Å². The largest absolute Gasteiger partial charge is 0.381 e. The monoisotopic (exact) mass is 352 g/mol. The molecule has 6 heteroatoms. The Kier molecular flexibility index (Phi) is 4.51. The number of aryl methyl sites for hydroxylation is 1. The van der Waals surface area contributed by atoms with Gasteiger partial charge in [-0.05, 0) is 43.5 Å². The molecular formula is C20H21FN4O. The molecule has 5 nitrogen and oxygen atoms in total. The van der Waals surface area contributed by atoms with Crippen LogP contribution in [0.15, 0.2) is 48.9 Å². The van der Waals surface area contributed by atoms with Gasteiger partial charge in [0.15, 0.2) is 5.82 Å². The molecule has 26 heavy (non-hydrogen) atoms. The first-order chi connectivity index (χ1) is 12.7. The Labute approximate surface area is 151 Å². The van der Waals surface area contributed by atoms with Crippen molar-refractivity contribution in [3.05, 3.63) is 66.1 Å². The van der Waals surface area contributed by atoms with E-state index in [1.54, 1.807) is 24.5 Å². The highest BCUT2D eigenvalue weighted by molar-refractivity contribution is 5.49. The smallest absolute Gasteiger partial charge is 0.158 e. The van der Waals surface area contributed by atoms with Crippen LogP contribution in [0.3, 0.4) is 0 Å². The Morgan fingerprint density at radius 1 is 1.15 bits per heavy atom. The summed E-state index contributed by atoms with van der Waals surface area (Å²) in [5, 5.41) is 0. The van der Waals surface area contributed by atoms with E-state index < -0.39 is 0 Å². The van der Waals surface area contributed by atoms with Crippen LogP contribution in [0.4, 0.5) is 4.39 Å². The van der Waals surface area contributed by atoms with Crippen molar-refractivity contribution < 1.29 is 9.13 Å². The molecule has 1 aliphatic heterocycles. The standard InChI is InChI=1S/C20H21FN4O/c1-15-22-8-5-18(24-15)19-23-9-10-25(19)14-20(6-11-26-12-7-20)16-3-2-4-17(21)13-16/h2-5,8-10,13H,6-7,11-12,14H2,1H3. The number of nitrogens with zero attached hydrogens (tertiary/aromatic N) is 4. The first kappa shape index (κ1) is 16.8. The summed E-state index contributed by atoms with van der Waals surface area (Å²) in [5.41, 5.74) is 1.63. The highest BCUT2D eigenvalue weighted by Gasteiger charge is 2.35. The molecule has 1 fully saturated rings. The fourth-order valence-corrected chi connectivity index (χ4v) is 3.70. The van der Waals surface area contributed by atoms with Crippen molar-refractivity contribution in [2.75, 3.05) is 13.2 Å². The van der Waals surface area contributed by atoms with Gasteiger partial charge >= 0.3 is 0 Å². The third-order valence-electron chi connectivity index (χ3n) is 5.08. The van der Waals surface area contributed by atoms with E-state index >= 15 is 0 Å². The van der Waals surface area contributed by atoms with E-state index in [2.05, 4.69) is 19.5 Å². The lowest BCUT2D eigenvalue weighted by Crippen LogP contribution is -2.38. The van der Waals surface area contributed by atoms with Gasteiger partial charge in [-0.2, -0.15) is 0 Å². The SMILES string of the molecule is Cc1nccc(-c2nccn2CC2(c3cccc(F)c3)CCOCC2)n1. The van der Waals surface area contributed by atoms with Crippen molar-refractivity contribution in [3.8, 4) is 11.5 Å². The molecule has 2 aromatic heterocycles. The van der Waals surface area contributed by atoms with Gasteiger partial charge in [0.25, 0.3) is 0 Å². The van der Waals surface area contributed by atoms with Crippen molar-refractivity contribution in [1.29, 1.82) is 0 Å². The van der Waals surface area contributed by atoms with E-state index in [0.29, 0.717) is 25.6 Å². The van der Waals surface area contributed by atoms with Crippen LogP contribution in [0, 0.1) is 12.7 Å². The summed E-state index contributed by atoms with van der Waals surface area (Å²) in [7, 11) is 0. The number of hydrogen-bond donors (Lipinski definition) is 0. The van der Waals surface area contributed by atoms with Gasteiger partial charge in [0.05, 0.1) is 0 Å². The fraction of sp³-hybridized carbons (Fsp3) is 0.350. The van der Waals surface area contributed by atoms with Gasteiger partial charge < -0.3 is 9.30 Å². The molecule has 3 heterocycles. The zero-order valence-electron chi connectivity index (χ0n) is 14.7. The highest BCUT2D eigenvalue weighted by atomic mass is 19.1. The zero-order valence-corrected chi connectivity index (χ0v) is 14.7. The Hall–Kier alpha value is -2.60. The van der Waals surface area contributed by atoms with Crippen LogP contribution in [0.1, 0.15) is 24.2 Å². The first-order valence-corrected chi connectivity index (χ1v) is 8.81. The van der Waals surface area contributed by atoms with Crippen molar-refractivity contribution in [2.24, 2.45) is 0 Å². The summed E-state index contributed by atoms with van der Waals surface area (Å²) in [6.07, 6.45) is 7.18. The van der Waals surface area contributed by atoms with E-state index in [0.717, 1.165) is 29.9 Å². The second-order valence-corrected chi connectivity index (χ2v) is 6.77. The predicted molar refractivity (Wildman–Crippen MR) is 96.1 cm³/mol. The Morgan fingerprint density at radius 2 is 2.00 bits per heavy atom. The van der Waals surface area contributed by atoms with Crippen LogP contribution in [0.2, 0.25) is 0 Å². The Balaban J connectivity index is 1.73. The molecule has 3 aromatic rings. The predicted octanol–water partition coefficient (Wildman–Crippen LogP) is 3.54. The van der Waals surface area contributed by atoms with Crippen molar-refractivity contribution in [2.45, 2.75) is 31.7 Å². The molecule has 0 amide bonds. The van der Waals surface area contributed by atoms with Crippen LogP contribution < -0.4 is 0 Å². The molecule has 4 rings (SSSR count). The molecule has 1 saturated heterocycles. The lowest BCUT2D eigenvalue weighted by atomic mass is 9.74. The van der Waals surface area contributed by atoms with Crippen LogP contribution in [-0.2, 0) is 16.7 Å². The maximum atomic E-state index is 13.9. The molecule has 0 radical (unpaired) electrons. The Morgan fingerprint density at radius 3 is 2.77 bits per heavy atom. The lowest BCUT2D eigenvalue weighted by Gasteiger charge is -2.38. The van der Waals surface area contributed by atoms with Gasteiger partial charge in [-0.3, -0.25) is 0 Å². The fourth-order valence-electron chi connectivity index (χ4n) is 3.70. The quantitative estimate of drug-likeness (QED) is 0.721.